The van der Waals surface area contributed by atoms with Crippen molar-refractivity contribution in [1.82, 2.24) is 4.57 Å². The molecule has 1 aliphatic rings. The quantitative estimate of drug-likeness (QED) is 0.784. The summed E-state index contributed by atoms with van der Waals surface area (Å²) < 4.78 is 2.29. The van der Waals surface area contributed by atoms with Crippen LogP contribution >= 0.6 is 0 Å². The third-order valence-electron chi connectivity index (χ3n) is 4.47. The molecule has 1 aliphatic carbocycles. The molecule has 1 aromatic heterocycles. The minimum atomic E-state index is -0.680. The van der Waals surface area contributed by atoms with Gasteiger partial charge in [0.2, 0.25) is 0 Å². The van der Waals surface area contributed by atoms with Crippen LogP contribution in [0.1, 0.15) is 58.4 Å². The largest absolute Gasteiger partial charge is 0.386 e. The van der Waals surface area contributed by atoms with E-state index in [1.165, 1.54) is 32.1 Å². The van der Waals surface area contributed by atoms with E-state index in [9.17, 15) is 5.11 Å². The van der Waals surface area contributed by atoms with Crippen molar-refractivity contribution < 1.29 is 5.11 Å². The maximum Gasteiger partial charge on any atom is 0.0797 e. The Morgan fingerprint density at radius 2 is 1.89 bits per heavy atom. The topological polar surface area (TPSA) is 25.2 Å². The van der Waals surface area contributed by atoms with Crippen LogP contribution in [0.2, 0.25) is 0 Å². The van der Waals surface area contributed by atoms with Crippen LogP contribution in [0.3, 0.4) is 0 Å². The molecule has 0 spiro atoms. The maximum absolute atomic E-state index is 10.2. The van der Waals surface area contributed by atoms with Gasteiger partial charge in [-0.2, -0.15) is 0 Å². The van der Waals surface area contributed by atoms with Gasteiger partial charge in [0.25, 0.3) is 0 Å². The first-order chi connectivity index (χ1) is 9.12. The Kier molecular flexibility index (Phi) is 4.87. The van der Waals surface area contributed by atoms with Gasteiger partial charge in [0.1, 0.15) is 0 Å². The van der Waals surface area contributed by atoms with E-state index < -0.39 is 5.60 Å². The Bertz CT molecular complexity index is 385. The van der Waals surface area contributed by atoms with Crippen LogP contribution in [-0.2, 0) is 0 Å². The first-order valence-electron chi connectivity index (χ1n) is 7.66. The predicted octanol–water partition coefficient (Wildman–Crippen LogP) is 4.33. The number of hydrogen-bond donors (Lipinski definition) is 1. The molecule has 0 saturated heterocycles. The Morgan fingerprint density at radius 3 is 2.47 bits per heavy atom. The van der Waals surface area contributed by atoms with Crippen LogP contribution in [0.5, 0.6) is 0 Å². The fraction of sp³-hybridized carbons (Fsp3) is 0.647. The molecule has 0 aliphatic heterocycles. The van der Waals surface area contributed by atoms with Crippen LogP contribution in [0, 0.1) is 5.92 Å². The second-order valence-corrected chi connectivity index (χ2v) is 6.09. The van der Waals surface area contributed by atoms with Crippen molar-refractivity contribution in [1.29, 1.82) is 0 Å². The molecule has 19 heavy (non-hydrogen) atoms. The Morgan fingerprint density at radius 1 is 1.26 bits per heavy atom. The first kappa shape index (κ1) is 14.4. The van der Waals surface area contributed by atoms with Gasteiger partial charge in [0, 0.05) is 12.4 Å². The molecule has 2 nitrogen and oxygen atoms in total. The molecule has 2 rings (SSSR count). The van der Waals surface area contributed by atoms with Gasteiger partial charge in [0.15, 0.2) is 0 Å². The molecule has 1 aromatic rings. The summed E-state index contributed by atoms with van der Waals surface area (Å²) in [4.78, 5) is 0. The zero-order chi connectivity index (χ0) is 13.7. The minimum Gasteiger partial charge on any atom is -0.386 e. The SMILES string of the molecule is CCC(C)(O)/C=C/C(C1CCCCC1)n1cccc1. The van der Waals surface area contributed by atoms with Crippen molar-refractivity contribution in [2.45, 2.75) is 64.0 Å². The van der Waals surface area contributed by atoms with Gasteiger partial charge in [-0.15, -0.1) is 0 Å². The third-order valence-corrected chi connectivity index (χ3v) is 4.47. The summed E-state index contributed by atoms with van der Waals surface area (Å²) in [6.07, 6.45) is 15.9. The first-order valence-corrected chi connectivity index (χ1v) is 7.66. The minimum absolute atomic E-state index is 0.397. The number of hydrogen-bond acceptors (Lipinski definition) is 1. The van der Waals surface area contributed by atoms with E-state index in [0.717, 1.165) is 6.42 Å². The van der Waals surface area contributed by atoms with E-state index in [1.54, 1.807) is 0 Å². The molecule has 1 fully saturated rings. The van der Waals surface area contributed by atoms with Crippen LogP contribution in [0.15, 0.2) is 36.7 Å². The Hall–Kier alpha value is -1.02. The van der Waals surface area contributed by atoms with Gasteiger partial charge >= 0.3 is 0 Å². The number of aliphatic hydroxyl groups is 1. The van der Waals surface area contributed by atoms with Gasteiger partial charge < -0.3 is 9.67 Å². The fourth-order valence-electron chi connectivity index (χ4n) is 2.95. The highest BCUT2D eigenvalue weighted by Crippen LogP contribution is 2.34. The third kappa shape index (κ3) is 3.97. The van der Waals surface area contributed by atoms with Crippen LogP contribution in [0.25, 0.3) is 0 Å². The molecule has 1 heterocycles. The van der Waals surface area contributed by atoms with E-state index in [0.29, 0.717) is 12.0 Å². The number of rotatable bonds is 5. The molecule has 0 aromatic carbocycles. The average molecular weight is 261 g/mol. The summed E-state index contributed by atoms with van der Waals surface area (Å²) in [5.41, 5.74) is -0.680. The standard InChI is InChI=1S/C17H27NO/c1-3-17(2,19)12-11-16(18-13-7-8-14-18)15-9-5-4-6-10-15/h7-8,11-16,19H,3-6,9-10H2,1-2H3/b12-11+. The summed E-state index contributed by atoms with van der Waals surface area (Å²) in [7, 11) is 0. The molecule has 1 saturated carbocycles. The van der Waals surface area contributed by atoms with Gasteiger partial charge in [-0.3, -0.25) is 0 Å². The van der Waals surface area contributed by atoms with Crippen molar-refractivity contribution in [2.24, 2.45) is 5.92 Å². The molecule has 0 amide bonds. The smallest absolute Gasteiger partial charge is 0.0797 e. The van der Waals surface area contributed by atoms with Crippen LogP contribution in [-0.4, -0.2) is 15.3 Å². The van der Waals surface area contributed by atoms with Crippen LogP contribution in [0.4, 0.5) is 0 Å². The molecule has 2 unspecified atom stereocenters. The summed E-state index contributed by atoms with van der Waals surface area (Å²) in [5, 5.41) is 10.2. The molecule has 106 valence electrons. The van der Waals surface area contributed by atoms with E-state index in [2.05, 4.69) is 35.2 Å². The average Bonchev–Trinajstić information content (AvgIpc) is 2.94. The highest BCUT2D eigenvalue weighted by atomic mass is 16.3. The van der Waals surface area contributed by atoms with Crippen molar-refractivity contribution in [3.8, 4) is 0 Å². The molecular weight excluding hydrogens is 234 g/mol. The van der Waals surface area contributed by atoms with Crippen molar-refractivity contribution >= 4 is 0 Å². The highest BCUT2D eigenvalue weighted by molar-refractivity contribution is 5.07. The molecule has 2 heteroatoms. The fourth-order valence-corrected chi connectivity index (χ4v) is 2.95. The number of nitrogens with zero attached hydrogens (tertiary/aromatic N) is 1. The summed E-state index contributed by atoms with van der Waals surface area (Å²) in [6.45, 7) is 3.91. The van der Waals surface area contributed by atoms with Gasteiger partial charge in [-0.05, 0) is 44.2 Å². The van der Waals surface area contributed by atoms with E-state index in [1.807, 2.05) is 19.9 Å². The number of aromatic nitrogens is 1. The van der Waals surface area contributed by atoms with Crippen molar-refractivity contribution in [2.75, 3.05) is 0 Å². The second-order valence-electron chi connectivity index (χ2n) is 6.09. The zero-order valence-electron chi connectivity index (χ0n) is 12.3. The lowest BCUT2D eigenvalue weighted by molar-refractivity contribution is 0.106. The van der Waals surface area contributed by atoms with E-state index in [-0.39, 0.29) is 0 Å². The van der Waals surface area contributed by atoms with Gasteiger partial charge in [-0.25, -0.2) is 0 Å². The molecule has 0 bridgehead atoms. The van der Waals surface area contributed by atoms with Crippen LogP contribution < -0.4 is 0 Å². The lowest BCUT2D eigenvalue weighted by Gasteiger charge is -2.30. The summed E-state index contributed by atoms with van der Waals surface area (Å²) >= 11 is 0. The molecular formula is C17H27NO. The van der Waals surface area contributed by atoms with Crippen molar-refractivity contribution in [3.63, 3.8) is 0 Å². The Balaban J connectivity index is 2.15. The lowest BCUT2D eigenvalue weighted by Crippen LogP contribution is -2.23. The summed E-state index contributed by atoms with van der Waals surface area (Å²) in [5.74, 6) is 0.713. The zero-order valence-corrected chi connectivity index (χ0v) is 12.3. The molecule has 2 atom stereocenters. The summed E-state index contributed by atoms with van der Waals surface area (Å²) in [6, 6.07) is 4.57. The number of allylic oxidation sites excluding steroid dienone is 1. The van der Waals surface area contributed by atoms with E-state index >= 15 is 0 Å². The van der Waals surface area contributed by atoms with Gasteiger partial charge in [0.05, 0.1) is 11.6 Å². The maximum atomic E-state index is 10.2. The predicted molar refractivity (Wildman–Crippen MR) is 80.1 cm³/mol. The molecule has 1 N–H and O–H groups in total. The van der Waals surface area contributed by atoms with E-state index in [4.69, 9.17) is 0 Å². The molecule has 0 radical (unpaired) electrons. The van der Waals surface area contributed by atoms with Crippen molar-refractivity contribution in [3.05, 3.63) is 36.7 Å². The Labute approximate surface area is 117 Å². The highest BCUT2D eigenvalue weighted by Gasteiger charge is 2.23. The second kappa shape index (κ2) is 6.42. The normalized spacial score (nSPS) is 22.5. The van der Waals surface area contributed by atoms with Gasteiger partial charge in [-0.1, -0.05) is 38.3 Å². The lowest BCUT2D eigenvalue weighted by atomic mass is 9.83. The monoisotopic (exact) mass is 261 g/mol.